The van der Waals surface area contributed by atoms with Gasteiger partial charge < -0.3 is 14.2 Å². The summed E-state index contributed by atoms with van der Waals surface area (Å²) in [5.41, 5.74) is 9.78. The molecule has 3 heterocycles. The average molecular weight is 524 g/mol. The number of piperazine rings is 1. The van der Waals surface area contributed by atoms with Crippen LogP contribution in [0.4, 0.5) is 5.69 Å². The molecule has 2 aliphatic heterocycles. The number of aryl methyl sites for hydroxylation is 2. The SMILES string of the molecule is Cc1nc2c(-c3ccc(CN4CCOCC4)cc3)cc(-c3ccc(N4CCN(C(C)C)CC4)cc3)cc2n1C. The Bertz CT molecular complexity index is 1410. The molecule has 204 valence electrons. The quantitative estimate of drug-likeness (QED) is 0.330. The van der Waals surface area contributed by atoms with Crippen molar-refractivity contribution in [2.45, 2.75) is 33.4 Å². The van der Waals surface area contributed by atoms with Crippen LogP contribution < -0.4 is 4.90 Å². The van der Waals surface area contributed by atoms with Gasteiger partial charge in [0, 0.05) is 70.2 Å². The maximum absolute atomic E-state index is 5.51. The van der Waals surface area contributed by atoms with Crippen LogP contribution in [-0.4, -0.2) is 77.9 Å². The molecule has 2 aliphatic rings. The molecule has 6 rings (SSSR count). The fraction of sp³-hybridized carbons (Fsp3) is 0.424. The second kappa shape index (κ2) is 11.1. The van der Waals surface area contributed by atoms with Crippen molar-refractivity contribution in [3.05, 3.63) is 72.1 Å². The Morgan fingerprint density at radius 1 is 0.795 bits per heavy atom. The molecule has 0 radical (unpaired) electrons. The van der Waals surface area contributed by atoms with E-state index in [0.29, 0.717) is 6.04 Å². The minimum absolute atomic E-state index is 0.621. The van der Waals surface area contributed by atoms with E-state index in [-0.39, 0.29) is 0 Å². The molecule has 0 amide bonds. The number of imidazole rings is 1. The zero-order valence-corrected chi connectivity index (χ0v) is 23.9. The highest BCUT2D eigenvalue weighted by atomic mass is 16.5. The molecule has 1 aromatic heterocycles. The van der Waals surface area contributed by atoms with Crippen LogP contribution in [0, 0.1) is 6.92 Å². The minimum atomic E-state index is 0.621. The Balaban J connectivity index is 1.28. The summed E-state index contributed by atoms with van der Waals surface area (Å²) < 4.78 is 7.71. The normalized spacial score (nSPS) is 17.4. The lowest BCUT2D eigenvalue weighted by molar-refractivity contribution is 0.0342. The van der Waals surface area contributed by atoms with Crippen molar-refractivity contribution in [3.8, 4) is 22.3 Å². The predicted molar refractivity (Wildman–Crippen MR) is 161 cm³/mol. The van der Waals surface area contributed by atoms with E-state index >= 15 is 0 Å². The fourth-order valence-corrected chi connectivity index (χ4v) is 5.96. The second-order valence-corrected chi connectivity index (χ2v) is 11.4. The van der Waals surface area contributed by atoms with Crippen molar-refractivity contribution in [2.24, 2.45) is 7.05 Å². The highest BCUT2D eigenvalue weighted by Crippen LogP contribution is 2.35. The molecule has 6 nitrogen and oxygen atoms in total. The first kappa shape index (κ1) is 26.1. The molecule has 6 heteroatoms. The molecule has 2 saturated heterocycles. The van der Waals surface area contributed by atoms with Crippen LogP contribution >= 0.6 is 0 Å². The van der Waals surface area contributed by atoms with Crippen LogP contribution in [0.1, 0.15) is 25.2 Å². The van der Waals surface area contributed by atoms with Gasteiger partial charge in [-0.05, 0) is 67.3 Å². The minimum Gasteiger partial charge on any atom is -0.379 e. The predicted octanol–water partition coefficient (Wildman–Crippen LogP) is 5.58. The number of rotatable bonds is 6. The zero-order valence-electron chi connectivity index (χ0n) is 23.9. The molecule has 2 fully saturated rings. The second-order valence-electron chi connectivity index (χ2n) is 11.4. The molecule has 0 unspecified atom stereocenters. The van der Waals surface area contributed by atoms with Crippen molar-refractivity contribution in [3.63, 3.8) is 0 Å². The molecule has 0 atom stereocenters. The highest BCUT2D eigenvalue weighted by Gasteiger charge is 2.19. The van der Waals surface area contributed by atoms with Gasteiger partial charge in [-0.1, -0.05) is 36.4 Å². The van der Waals surface area contributed by atoms with Crippen molar-refractivity contribution in [2.75, 3.05) is 57.4 Å². The van der Waals surface area contributed by atoms with E-state index < -0.39 is 0 Å². The molecule has 39 heavy (non-hydrogen) atoms. The molecular weight excluding hydrogens is 482 g/mol. The number of fused-ring (bicyclic) bond motifs is 1. The number of morpholine rings is 1. The average Bonchev–Trinajstić information content (AvgIpc) is 3.26. The summed E-state index contributed by atoms with van der Waals surface area (Å²) in [7, 11) is 2.11. The third-order valence-corrected chi connectivity index (χ3v) is 8.60. The number of nitrogens with zero attached hydrogens (tertiary/aromatic N) is 5. The Labute approximate surface area is 232 Å². The van der Waals surface area contributed by atoms with Crippen LogP contribution in [0.3, 0.4) is 0 Å². The molecule has 0 N–H and O–H groups in total. The van der Waals surface area contributed by atoms with Gasteiger partial charge in [0.25, 0.3) is 0 Å². The Morgan fingerprint density at radius 3 is 2.13 bits per heavy atom. The van der Waals surface area contributed by atoms with Gasteiger partial charge in [-0.3, -0.25) is 9.80 Å². The summed E-state index contributed by atoms with van der Waals surface area (Å²) in [6, 6.07) is 23.4. The molecule has 0 spiro atoms. The topological polar surface area (TPSA) is 36.8 Å². The Hall–Kier alpha value is -3.19. The van der Waals surface area contributed by atoms with Gasteiger partial charge in [0.05, 0.1) is 24.2 Å². The van der Waals surface area contributed by atoms with Gasteiger partial charge in [-0.15, -0.1) is 0 Å². The number of aromatic nitrogens is 2. The van der Waals surface area contributed by atoms with E-state index in [0.717, 1.165) is 70.4 Å². The molecule has 3 aromatic carbocycles. The highest BCUT2D eigenvalue weighted by molar-refractivity contribution is 5.96. The van der Waals surface area contributed by atoms with Gasteiger partial charge in [0.2, 0.25) is 0 Å². The van der Waals surface area contributed by atoms with E-state index in [1.54, 1.807) is 0 Å². The summed E-state index contributed by atoms with van der Waals surface area (Å²) in [6.07, 6.45) is 0. The largest absolute Gasteiger partial charge is 0.379 e. The number of benzene rings is 3. The molecule has 0 aliphatic carbocycles. The molecule has 4 aromatic rings. The lowest BCUT2D eigenvalue weighted by atomic mass is 9.96. The van der Waals surface area contributed by atoms with E-state index in [4.69, 9.17) is 9.72 Å². The molecule has 0 saturated carbocycles. The van der Waals surface area contributed by atoms with Crippen molar-refractivity contribution in [1.29, 1.82) is 0 Å². The number of hydrogen-bond acceptors (Lipinski definition) is 5. The van der Waals surface area contributed by atoms with Crippen molar-refractivity contribution in [1.82, 2.24) is 19.4 Å². The first-order valence-electron chi connectivity index (χ1n) is 14.4. The Morgan fingerprint density at radius 2 is 1.46 bits per heavy atom. The number of anilines is 1. The van der Waals surface area contributed by atoms with E-state index in [9.17, 15) is 0 Å². The van der Waals surface area contributed by atoms with Crippen molar-refractivity contribution < 1.29 is 4.74 Å². The maximum Gasteiger partial charge on any atom is 0.106 e. The Kier molecular flexibility index (Phi) is 7.43. The summed E-state index contributed by atoms with van der Waals surface area (Å²) in [6.45, 7) is 15.7. The van der Waals surface area contributed by atoms with Gasteiger partial charge in [0.1, 0.15) is 5.82 Å². The van der Waals surface area contributed by atoms with Gasteiger partial charge >= 0.3 is 0 Å². The van der Waals surface area contributed by atoms with Crippen LogP contribution in [0.5, 0.6) is 0 Å². The van der Waals surface area contributed by atoms with Crippen LogP contribution in [0.15, 0.2) is 60.7 Å². The molecular formula is C33H41N5O. The van der Waals surface area contributed by atoms with Crippen LogP contribution in [-0.2, 0) is 18.3 Å². The van der Waals surface area contributed by atoms with Crippen LogP contribution in [0.2, 0.25) is 0 Å². The first-order chi connectivity index (χ1) is 19.0. The molecule has 0 bridgehead atoms. The third kappa shape index (κ3) is 5.46. The maximum atomic E-state index is 5.51. The first-order valence-corrected chi connectivity index (χ1v) is 14.4. The van der Waals surface area contributed by atoms with Gasteiger partial charge in [-0.2, -0.15) is 0 Å². The fourth-order valence-electron chi connectivity index (χ4n) is 5.96. The van der Waals surface area contributed by atoms with Gasteiger partial charge in [0.15, 0.2) is 0 Å². The summed E-state index contributed by atoms with van der Waals surface area (Å²) >= 11 is 0. The van der Waals surface area contributed by atoms with Crippen LogP contribution in [0.25, 0.3) is 33.3 Å². The number of ether oxygens (including phenoxy) is 1. The smallest absolute Gasteiger partial charge is 0.106 e. The van der Waals surface area contributed by atoms with Crippen molar-refractivity contribution >= 4 is 16.7 Å². The lowest BCUT2D eigenvalue weighted by Crippen LogP contribution is -2.48. The van der Waals surface area contributed by atoms with E-state index in [2.05, 4.69) is 108 Å². The van der Waals surface area contributed by atoms with E-state index in [1.807, 2.05) is 0 Å². The summed E-state index contributed by atoms with van der Waals surface area (Å²) in [5.74, 6) is 1.03. The monoisotopic (exact) mass is 523 g/mol. The third-order valence-electron chi connectivity index (χ3n) is 8.60. The standard InChI is InChI=1S/C33H41N5O/c1-24(2)37-13-15-38(16-14-37)30-11-9-27(10-12-30)29-21-31(33-32(22-29)35(4)25(3)34-33)28-7-5-26(6-8-28)23-36-17-19-39-20-18-36/h5-12,21-22,24H,13-20,23H2,1-4H3. The lowest BCUT2D eigenvalue weighted by Gasteiger charge is -2.38. The number of hydrogen-bond donors (Lipinski definition) is 0. The van der Waals surface area contributed by atoms with E-state index in [1.165, 1.54) is 39.0 Å². The van der Waals surface area contributed by atoms with Gasteiger partial charge in [-0.25, -0.2) is 4.98 Å². The zero-order chi connectivity index (χ0) is 26.9. The summed E-state index contributed by atoms with van der Waals surface area (Å²) in [4.78, 5) is 12.5. The summed E-state index contributed by atoms with van der Waals surface area (Å²) in [5, 5.41) is 0.